The zero-order chi connectivity index (χ0) is 11.0. The first kappa shape index (κ1) is 10.0. The Morgan fingerprint density at radius 2 is 2.31 bits per heavy atom. The lowest BCUT2D eigenvalue weighted by Gasteiger charge is -2.38. The van der Waals surface area contributed by atoms with Gasteiger partial charge in [0.15, 0.2) is 4.67 Å². The van der Waals surface area contributed by atoms with Gasteiger partial charge < -0.3 is 4.42 Å². The summed E-state index contributed by atoms with van der Waals surface area (Å²) in [6, 6.07) is 4.37. The topological polar surface area (TPSA) is 47.1 Å². The predicted molar refractivity (Wildman–Crippen MR) is 60.7 cm³/mol. The summed E-state index contributed by atoms with van der Waals surface area (Å²) >= 11 is 3.30. The number of likely N-dealkylation sites (tertiary alicyclic amines) is 1. The maximum atomic E-state index is 5.46. The van der Waals surface area contributed by atoms with E-state index in [0.29, 0.717) is 6.04 Å². The monoisotopic (exact) mass is 282 g/mol. The summed E-state index contributed by atoms with van der Waals surface area (Å²) in [4.78, 5) is 2.32. The van der Waals surface area contributed by atoms with Gasteiger partial charge in [-0.25, -0.2) is 4.68 Å². The normalized spacial score (nSPS) is 17.6. The van der Waals surface area contributed by atoms with E-state index in [0.717, 1.165) is 30.1 Å². The third-order valence-electron chi connectivity index (χ3n) is 2.76. The molecular formula is C10H11BrN4O. The number of halogens is 1. The Morgan fingerprint density at radius 3 is 2.94 bits per heavy atom. The quantitative estimate of drug-likeness (QED) is 0.860. The minimum atomic E-state index is 0.459. The van der Waals surface area contributed by atoms with Crippen LogP contribution in [0.15, 0.2) is 33.6 Å². The lowest BCUT2D eigenvalue weighted by Crippen LogP contribution is -2.47. The van der Waals surface area contributed by atoms with Gasteiger partial charge >= 0.3 is 0 Å². The first-order valence-corrected chi connectivity index (χ1v) is 5.93. The summed E-state index contributed by atoms with van der Waals surface area (Å²) in [6.07, 6.45) is 3.62. The van der Waals surface area contributed by atoms with Gasteiger partial charge in [0.1, 0.15) is 5.76 Å². The van der Waals surface area contributed by atoms with Gasteiger partial charge in [-0.2, -0.15) is 0 Å². The predicted octanol–water partition coefficient (Wildman–Crippen LogP) is 1.69. The molecule has 0 saturated carbocycles. The van der Waals surface area contributed by atoms with Crippen LogP contribution in [-0.2, 0) is 6.54 Å². The minimum Gasteiger partial charge on any atom is -0.453 e. The van der Waals surface area contributed by atoms with Gasteiger partial charge in [-0.15, -0.1) is 5.10 Å². The number of hydrogen-bond acceptors (Lipinski definition) is 4. The highest BCUT2D eigenvalue weighted by Crippen LogP contribution is 2.23. The maximum absolute atomic E-state index is 5.46. The molecule has 0 aromatic carbocycles. The Bertz CT molecular complexity index is 461. The van der Waals surface area contributed by atoms with Crippen LogP contribution in [0.5, 0.6) is 0 Å². The number of furan rings is 1. The highest BCUT2D eigenvalue weighted by Gasteiger charge is 2.29. The van der Waals surface area contributed by atoms with Crippen LogP contribution in [0.25, 0.3) is 0 Å². The molecule has 0 atom stereocenters. The van der Waals surface area contributed by atoms with Crippen molar-refractivity contribution in [3.63, 3.8) is 0 Å². The minimum absolute atomic E-state index is 0.459. The average molecular weight is 283 g/mol. The second kappa shape index (κ2) is 4.03. The van der Waals surface area contributed by atoms with Gasteiger partial charge in [0.2, 0.25) is 0 Å². The molecule has 1 aliphatic heterocycles. The molecule has 2 aromatic heterocycles. The Labute approximate surface area is 101 Å². The molecule has 16 heavy (non-hydrogen) atoms. The van der Waals surface area contributed by atoms with Crippen LogP contribution in [0.4, 0.5) is 0 Å². The van der Waals surface area contributed by atoms with E-state index >= 15 is 0 Å². The Kier molecular flexibility index (Phi) is 2.53. The van der Waals surface area contributed by atoms with Crippen LogP contribution in [0.1, 0.15) is 11.8 Å². The number of nitrogens with zero attached hydrogens (tertiary/aromatic N) is 4. The standard InChI is InChI=1S/C10H11BrN4O/c11-10-2-1-9(16-10)7-14-5-8(6-14)15-4-3-12-13-15/h1-4,8H,5-7H2. The van der Waals surface area contributed by atoms with Gasteiger partial charge in [0.05, 0.1) is 18.8 Å². The molecule has 3 rings (SSSR count). The summed E-state index contributed by atoms with van der Waals surface area (Å²) in [7, 11) is 0. The molecule has 2 aromatic rings. The van der Waals surface area contributed by atoms with Crippen LogP contribution in [0.3, 0.4) is 0 Å². The van der Waals surface area contributed by atoms with E-state index in [4.69, 9.17) is 4.42 Å². The number of rotatable bonds is 3. The number of aromatic nitrogens is 3. The fourth-order valence-corrected chi connectivity index (χ4v) is 2.25. The van der Waals surface area contributed by atoms with Crippen molar-refractivity contribution in [2.75, 3.05) is 13.1 Å². The van der Waals surface area contributed by atoms with E-state index in [9.17, 15) is 0 Å². The highest BCUT2D eigenvalue weighted by atomic mass is 79.9. The van der Waals surface area contributed by atoms with E-state index in [2.05, 4.69) is 31.1 Å². The summed E-state index contributed by atoms with van der Waals surface area (Å²) in [6.45, 7) is 2.86. The van der Waals surface area contributed by atoms with Crippen LogP contribution in [0.2, 0.25) is 0 Å². The lowest BCUT2D eigenvalue weighted by molar-refractivity contribution is 0.0819. The second-order valence-electron chi connectivity index (χ2n) is 3.94. The van der Waals surface area contributed by atoms with Crippen molar-refractivity contribution in [2.45, 2.75) is 12.6 Å². The molecule has 3 heterocycles. The van der Waals surface area contributed by atoms with Crippen molar-refractivity contribution in [1.82, 2.24) is 19.9 Å². The molecule has 6 heteroatoms. The van der Waals surface area contributed by atoms with Gasteiger partial charge in [0.25, 0.3) is 0 Å². The fourth-order valence-electron chi connectivity index (χ4n) is 1.91. The molecule has 5 nitrogen and oxygen atoms in total. The molecule has 1 saturated heterocycles. The van der Waals surface area contributed by atoms with E-state index in [-0.39, 0.29) is 0 Å². The molecule has 0 radical (unpaired) electrons. The summed E-state index contributed by atoms with van der Waals surface area (Å²) in [5.41, 5.74) is 0. The third-order valence-corrected chi connectivity index (χ3v) is 3.19. The van der Waals surface area contributed by atoms with E-state index in [1.807, 2.05) is 23.0 Å². The lowest BCUT2D eigenvalue weighted by atomic mass is 10.1. The first-order chi connectivity index (χ1) is 7.81. The number of hydrogen-bond donors (Lipinski definition) is 0. The molecule has 0 spiro atoms. The van der Waals surface area contributed by atoms with Gasteiger partial charge in [-0.05, 0) is 28.1 Å². The molecule has 0 aliphatic carbocycles. The molecule has 1 aliphatic rings. The summed E-state index contributed by atoms with van der Waals surface area (Å²) < 4.78 is 8.16. The van der Waals surface area contributed by atoms with Crippen molar-refractivity contribution >= 4 is 15.9 Å². The van der Waals surface area contributed by atoms with Crippen molar-refractivity contribution in [3.05, 3.63) is 35.0 Å². The SMILES string of the molecule is Brc1ccc(CN2CC(n3ccnn3)C2)o1. The molecule has 84 valence electrons. The van der Waals surface area contributed by atoms with Gasteiger partial charge in [-0.1, -0.05) is 5.21 Å². The third kappa shape index (κ3) is 1.90. The van der Waals surface area contributed by atoms with E-state index in [1.165, 1.54) is 0 Å². The summed E-state index contributed by atoms with van der Waals surface area (Å²) in [5, 5.41) is 7.80. The smallest absolute Gasteiger partial charge is 0.169 e. The highest BCUT2D eigenvalue weighted by molar-refractivity contribution is 9.10. The molecule has 0 bridgehead atoms. The van der Waals surface area contributed by atoms with Crippen LogP contribution in [0, 0.1) is 0 Å². The first-order valence-electron chi connectivity index (χ1n) is 5.13. The van der Waals surface area contributed by atoms with Gasteiger partial charge in [0, 0.05) is 19.3 Å². The van der Waals surface area contributed by atoms with Crippen molar-refractivity contribution in [1.29, 1.82) is 0 Å². The van der Waals surface area contributed by atoms with Gasteiger partial charge in [-0.3, -0.25) is 4.90 Å². The van der Waals surface area contributed by atoms with Crippen molar-refractivity contribution in [3.8, 4) is 0 Å². The van der Waals surface area contributed by atoms with Crippen LogP contribution >= 0.6 is 15.9 Å². The van der Waals surface area contributed by atoms with E-state index < -0.39 is 0 Å². The summed E-state index contributed by atoms with van der Waals surface area (Å²) in [5.74, 6) is 0.990. The molecule has 0 N–H and O–H groups in total. The molecule has 0 amide bonds. The Morgan fingerprint density at radius 1 is 1.44 bits per heavy atom. The van der Waals surface area contributed by atoms with Crippen LogP contribution < -0.4 is 0 Å². The molecule has 1 fully saturated rings. The van der Waals surface area contributed by atoms with Crippen molar-refractivity contribution < 1.29 is 4.42 Å². The largest absolute Gasteiger partial charge is 0.453 e. The molecular weight excluding hydrogens is 272 g/mol. The fraction of sp³-hybridized carbons (Fsp3) is 0.400. The average Bonchev–Trinajstić information content (AvgIpc) is 2.82. The Balaban J connectivity index is 1.54. The maximum Gasteiger partial charge on any atom is 0.169 e. The van der Waals surface area contributed by atoms with Crippen LogP contribution in [-0.4, -0.2) is 33.0 Å². The Hall–Kier alpha value is -1.14. The second-order valence-corrected chi connectivity index (χ2v) is 4.72. The molecule has 0 unspecified atom stereocenters. The zero-order valence-corrected chi connectivity index (χ0v) is 10.2. The zero-order valence-electron chi connectivity index (χ0n) is 8.58. The van der Waals surface area contributed by atoms with E-state index in [1.54, 1.807) is 6.20 Å². The van der Waals surface area contributed by atoms with Crippen molar-refractivity contribution in [2.24, 2.45) is 0 Å².